The smallest absolute Gasteiger partial charge is 0.227 e. The molecule has 21 rings (SSSR count). The van der Waals surface area contributed by atoms with E-state index >= 15 is 0 Å². The third-order valence-corrected chi connectivity index (χ3v) is 22.6. The molecular formula is C100H90N8O4+4. The van der Waals surface area contributed by atoms with Crippen molar-refractivity contribution >= 4 is 131 Å². The van der Waals surface area contributed by atoms with Gasteiger partial charge in [0.15, 0.2) is 47.1 Å². The molecule has 1 unspecified atom stereocenters. The highest BCUT2D eigenvalue weighted by Crippen LogP contribution is 2.45. The van der Waals surface area contributed by atoms with Crippen molar-refractivity contribution in [3.05, 3.63) is 288 Å². The molecule has 550 valence electrons. The fraction of sp³-hybridized carbons (Fsp3) is 0.200. The molecule has 1 fully saturated rings. The number of hydrogen-bond donors (Lipinski definition) is 0. The zero-order valence-corrected chi connectivity index (χ0v) is 64.6. The largest absolute Gasteiger partial charge is 0.437 e. The summed E-state index contributed by atoms with van der Waals surface area (Å²) in [6.45, 7) is 8.97. The number of hydrogen-bond acceptors (Lipinski definition) is 8. The van der Waals surface area contributed by atoms with Crippen molar-refractivity contribution in [1.82, 2.24) is 19.9 Å². The maximum atomic E-state index is 8.88. The molecule has 12 aromatic heterocycles. The van der Waals surface area contributed by atoms with Crippen molar-refractivity contribution in [3.8, 4) is 45.0 Å². The fourth-order valence-electron chi connectivity index (χ4n) is 16.8. The minimum atomic E-state index is -2.43. The van der Waals surface area contributed by atoms with Gasteiger partial charge < -0.3 is 17.7 Å². The summed E-state index contributed by atoms with van der Waals surface area (Å²) in [6, 6.07) is 65.3. The molecule has 0 N–H and O–H groups in total. The highest BCUT2D eigenvalue weighted by atomic mass is 16.4. The monoisotopic (exact) mass is 1480 g/mol. The normalized spacial score (nSPS) is 15.0. The minimum Gasteiger partial charge on any atom is -0.437 e. The molecule has 0 bridgehead atoms. The first-order chi connectivity index (χ1) is 57.8. The number of rotatable bonds is 7. The van der Waals surface area contributed by atoms with Gasteiger partial charge in [-0.15, -0.1) is 0 Å². The topological polar surface area (TPSA) is 120 Å². The van der Waals surface area contributed by atoms with Crippen LogP contribution in [0.1, 0.15) is 128 Å². The number of fused-ring (bicyclic) bond motifs is 20. The van der Waals surface area contributed by atoms with Crippen LogP contribution in [-0.4, -0.2) is 19.9 Å². The van der Waals surface area contributed by atoms with Crippen LogP contribution in [-0.2, 0) is 28.2 Å². The van der Waals surface area contributed by atoms with Crippen molar-refractivity contribution in [1.29, 1.82) is 0 Å². The predicted molar refractivity (Wildman–Crippen MR) is 456 cm³/mol. The molecule has 0 aliphatic heterocycles. The molecule has 12 nitrogen and oxygen atoms in total. The number of aryl methyl sites for hydroxylation is 9. The summed E-state index contributed by atoms with van der Waals surface area (Å²) in [7, 11) is 7.83. The zero-order chi connectivity index (χ0) is 84.7. The summed E-state index contributed by atoms with van der Waals surface area (Å²) >= 11 is 0. The minimum absolute atomic E-state index is 0.311. The SMILES string of the molecule is [2H]C(C)(C)c1ccc(-c2c(C)ccc3c2oc2ncc4ccccc4c23)[n+](C)c1.[2H]C([2H])([2H])C([2H])(C)c1ccc(-c2c(C)ccc3c2oc2ncc4ccccc4c23)[n+](C)c1.[2H]C([2H])([2H])c1ccc(-c2c(C)ccc3c2oc2ncc4ccccc4c23)[n+](C)c1.[2H]C1(c2ccc(-c3c(C)ccc4c3oc3ncc5ccccc5c34)[n+](C)c2)CCCC1. The maximum Gasteiger partial charge on any atom is 0.227 e. The summed E-state index contributed by atoms with van der Waals surface area (Å²) < 4.78 is 105. The van der Waals surface area contributed by atoms with Gasteiger partial charge in [-0.05, 0) is 133 Å². The van der Waals surface area contributed by atoms with Crippen LogP contribution in [0.3, 0.4) is 0 Å². The van der Waals surface area contributed by atoms with E-state index in [9.17, 15) is 0 Å². The van der Waals surface area contributed by atoms with E-state index in [1.165, 1.54) is 12.5 Å². The highest BCUT2D eigenvalue weighted by Gasteiger charge is 2.29. The van der Waals surface area contributed by atoms with Crippen molar-refractivity contribution < 1.29 is 48.3 Å². The van der Waals surface area contributed by atoms with Gasteiger partial charge in [0.25, 0.3) is 0 Å². The first-order valence-corrected chi connectivity index (χ1v) is 38.1. The Balaban J connectivity index is 0.000000111. The average Bonchev–Trinajstić information content (AvgIpc) is 1.60. The molecule has 1 saturated carbocycles. The van der Waals surface area contributed by atoms with Gasteiger partial charge in [0.2, 0.25) is 45.6 Å². The van der Waals surface area contributed by atoms with Gasteiger partial charge in [-0.3, -0.25) is 0 Å². The summed E-state index contributed by atoms with van der Waals surface area (Å²) in [4.78, 5) is 18.3. The Morgan fingerprint density at radius 3 is 0.982 bits per heavy atom. The van der Waals surface area contributed by atoms with Crippen molar-refractivity contribution in [2.45, 2.75) is 106 Å². The molecule has 8 aromatic carbocycles. The number of benzene rings is 8. The van der Waals surface area contributed by atoms with E-state index < -0.39 is 31.4 Å². The molecule has 1 aliphatic carbocycles. The Hall–Kier alpha value is -12.8. The van der Waals surface area contributed by atoms with Crippen molar-refractivity contribution in [2.75, 3.05) is 0 Å². The van der Waals surface area contributed by atoms with Gasteiger partial charge >= 0.3 is 0 Å². The summed E-state index contributed by atoms with van der Waals surface area (Å²) in [5.41, 5.74) is 21.0. The summed E-state index contributed by atoms with van der Waals surface area (Å²) in [5.74, 6) is -2.79. The van der Waals surface area contributed by atoms with Gasteiger partial charge in [-0.2, -0.15) is 0 Å². The third-order valence-electron chi connectivity index (χ3n) is 22.6. The van der Waals surface area contributed by atoms with Crippen molar-refractivity contribution in [2.24, 2.45) is 28.2 Å². The van der Waals surface area contributed by atoms with E-state index in [4.69, 9.17) is 30.0 Å². The van der Waals surface area contributed by atoms with E-state index in [-0.39, 0.29) is 0 Å². The highest BCUT2D eigenvalue weighted by molar-refractivity contribution is 6.23. The van der Waals surface area contributed by atoms with E-state index in [1.54, 1.807) is 24.5 Å². The van der Waals surface area contributed by atoms with Gasteiger partial charge in [-0.1, -0.05) is 186 Å². The second kappa shape index (κ2) is 28.6. The van der Waals surface area contributed by atoms with E-state index in [0.717, 1.165) is 207 Å². The lowest BCUT2D eigenvalue weighted by Crippen LogP contribution is -2.31. The molecule has 20 aromatic rings. The average molecular weight is 1480 g/mol. The van der Waals surface area contributed by atoms with Crippen LogP contribution in [0.4, 0.5) is 0 Å². The molecular weight excluding hydrogens is 1380 g/mol. The number of pyridine rings is 8. The van der Waals surface area contributed by atoms with Gasteiger partial charge in [0.05, 0.1) is 43.8 Å². The molecule has 0 radical (unpaired) electrons. The van der Waals surface area contributed by atoms with Crippen LogP contribution in [0.25, 0.3) is 176 Å². The summed E-state index contributed by atoms with van der Waals surface area (Å²) in [6.07, 6.45) is 19.2. The Morgan fingerprint density at radius 2 is 0.670 bits per heavy atom. The molecule has 0 amide bonds. The zero-order valence-electron chi connectivity index (χ0n) is 73.6. The van der Waals surface area contributed by atoms with Gasteiger partial charge in [0, 0.05) is 127 Å². The van der Waals surface area contributed by atoms with E-state index in [2.05, 4.69) is 171 Å². The Kier molecular flexibility index (Phi) is 15.6. The predicted octanol–water partition coefficient (Wildman–Crippen LogP) is 23.9. The van der Waals surface area contributed by atoms with Crippen LogP contribution < -0.4 is 18.3 Å². The molecule has 1 atom stereocenters. The first-order valence-electron chi connectivity index (χ1n) is 42.6. The van der Waals surface area contributed by atoms with Crippen LogP contribution in [0.2, 0.25) is 0 Å². The van der Waals surface area contributed by atoms with Crippen LogP contribution in [0.5, 0.6) is 0 Å². The van der Waals surface area contributed by atoms with Crippen LogP contribution in [0, 0.1) is 34.5 Å². The standard InChI is InChI=1S/C27H25N2O.2C25H23N2O.C23H19N2O/c1-17-11-13-22-25-21-10-6-5-9-19(21)15-28-27(25)30-26(22)24(17)23-14-12-20(16-29(23)2)18-7-3-4-8-18;2*1-15(2)18-10-12-21(27(4)14-18)22-16(3)9-11-20-23-19-8-6-5-7-17(19)13-26-25(23)28-24(20)22;1-14-8-11-19(25(3)13-14)20-15(2)9-10-18-21-17-7-5-4-6-16(17)12-24-23(21)26-22(18)20/h5-6,9-16,18H,3-4,7-8H2,1-2H3;2*5-15H,1-4H3;4-13H,1-3H3/q4*+1/i18D;1D3,15D;15D;1D3. The molecule has 0 saturated heterocycles. The van der Waals surface area contributed by atoms with Crippen LogP contribution in [0.15, 0.2) is 261 Å². The molecule has 0 spiro atoms. The second-order valence-electron chi connectivity index (χ2n) is 30.1. The number of nitrogens with zero attached hydrogens (tertiary/aromatic N) is 8. The lowest BCUT2D eigenvalue weighted by molar-refractivity contribution is -0.661. The lowest BCUT2D eigenvalue weighted by atomic mass is 9.96. The Labute approximate surface area is 663 Å². The van der Waals surface area contributed by atoms with E-state index in [0.29, 0.717) is 34.0 Å². The fourth-order valence-corrected chi connectivity index (χ4v) is 16.8. The second-order valence-corrected chi connectivity index (χ2v) is 30.1. The quantitative estimate of drug-likeness (QED) is 0.145. The summed E-state index contributed by atoms with van der Waals surface area (Å²) in [5, 5.41) is 17.2. The first kappa shape index (κ1) is 61.0. The maximum absolute atomic E-state index is 8.88. The van der Waals surface area contributed by atoms with Gasteiger partial charge in [0.1, 0.15) is 28.2 Å². The van der Waals surface area contributed by atoms with E-state index in [1.807, 2.05) is 156 Å². The molecule has 112 heavy (non-hydrogen) atoms. The number of furan rings is 4. The number of aromatic nitrogens is 8. The van der Waals surface area contributed by atoms with Crippen molar-refractivity contribution in [3.63, 3.8) is 0 Å². The lowest BCUT2D eigenvalue weighted by Gasteiger charge is -2.10. The Bertz CT molecular complexity index is 7400. The Morgan fingerprint density at radius 1 is 0.357 bits per heavy atom. The molecule has 1 aliphatic rings. The molecule has 12 heteroatoms. The molecule has 12 heterocycles. The van der Waals surface area contributed by atoms with Gasteiger partial charge in [-0.25, -0.2) is 38.2 Å². The third kappa shape index (κ3) is 12.3. The van der Waals surface area contributed by atoms with Crippen LogP contribution >= 0.6 is 0 Å².